The molecular weight excluding hydrogens is 600 g/mol. The topological polar surface area (TPSA) is 0 Å². The fraction of sp³-hybridized carbons (Fsp3) is 0.789. The summed E-state index contributed by atoms with van der Waals surface area (Å²) in [6.45, 7) is 4.61. The molecule has 0 fully saturated rings. The zero-order valence-corrected chi connectivity index (χ0v) is 30.4. The molecule has 41 heavy (non-hydrogen) atoms. The summed E-state index contributed by atoms with van der Waals surface area (Å²) >= 11 is 7.81. The van der Waals surface area contributed by atoms with Crippen LogP contribution in [0.2, 0.25) is 0 Å². The first-order valence-corrected chi connectivity index (χ1v) is 20.6. The number of hydrogen-bond acceptors (Lipinski definition) is 2. The zero-order chi connectivity index (χ0) is 29.2. The third kappa shape index (κ3) is 18.3. The van der Waals surface area contributed by atoms with Gasteiger partial charge in [0.15, 0.2) is 0 Å². The monoisotopic (exact) mass is 664 g/mol. The lowest BCUT2D eigenvalue weighted by Gasteiger charge is -2.04. The van der Waals surface area contributed by atoms with Crippen LogP contribution in [0, 0.1) is 0 Å². The fourth-order valence-electron chi connectivity index (χ4n) is 6.10. The molecule has 0 saturated heterocycles. The average Bonchev–Trinajstić information content (AvgIpc) is 3.59. The first-order valence-electron chi connectivity index (χ1n) is 18.1. The van der Waals surface area contributed by atoms with Crippen molar-refractivity contribution in [3.8, 4) is 9.75 Å². The predicted molar refractivity (Wildman–Crippen MR) is 194 cm³/mol. The first-order chi connectivity index (χ1) is 20.3. The van der Waals surface area contributed by atoms with Gasteiger partial charge in [-0.1, -0.05) is 168 Å². The van der Waals surface area contributed by atoms with E-state index in [0.717, 1.165) is 0 Å². The summed E-state index contributed by atoms with van der Waals surface area (Å²) in [6.07, 6.45) is 39.6. The van der Waals surface area contributed by atoms with E-state index in [1.54, 1.807) is 5.56 Å². The smallest absolute Gasteiger partial charge is 0.0737 e. The van der Waals surface area contributed by atoms with Crippen LogP contribution < -0.4 is 0 Å². The Morgan fingerprint density at radius 3 is 1.27 bits per heavy atom. The Balaban J connectivity index is 1.51. The molecule has 2 aromatic rings. The molecule has 0 nitrogen and oxygen atoms in total. The lowest BCUT2D eigenvalue weighted by molar-refractivity contribution is 0.539. The van der Waals surface area contributed by atoms with Gasteiger partial charge >= 0.3 is 0 Å². The molecular formula is C38H65BrS2. The largest absolute Gasteiger partial charge is 0.143 e. The summed E-state index contributed by atoms with van der Waals surface area (Å²) in [6, 6.07) is 4.88. The first kappa shape index (κ1) is 37.1. The van der Waals surface area contributed by atoms with Crippen LogP contribution in [-0.4, -0.2) is 0 Å². The summed E-state index contributed by atoms with van der Waals surface area (Å²) in [7, 11) is 0. The van der Waals surface area contributed by atoms with Crippen molar-refractivity contribution in [2.24, 2.45) is 0 Å². The number of aryl methyl sites for hydroxylation is 2. The van der Waals surface area contributed by atoms with Crippen molar-refractivity contribution >= 4 is 38.6 Å². The summed E-state index contributed by atoms with van der Waals surface area (Å²) in [4.78, 5) is 3.02. The van der Waals surface area contributed by atoms with Crippen LogP contribution in [-0.2, 0) is 12.8 Å². The maximum Gasteiger partial charge on any atom is 0.0737 e. The molecule has 2 aromatic heterocycles. The van der Waals surface area contributed by atoms with Gasteiger partial charge in [-0.05, 0) is 70.3 Å². The van der Waals surface area contributed by atoms with Gasteiger partial charge < -0.3 is 0 Å². The van der Waals surface area contributed by atoms with E-state index in [1.165, 1.54) is 199 Å². The van der Waals surface area contributed by atoms with E-state index >= 15 is 0 Å². The average molecular weight is 666 g/mol. The summed E-state index contributed by atoms with van der Waals surface area (Å²) in [5, 5.41) is 2.31. The van der Waals surface area contributed by atoms with Gasteiger partial charge in [-0.3, -0.25) is 0 Å². The molecule has 0 aliphatic heterocycles. The van der Waals surface area contributed by atoms with E-state index in [1.807, 2.05) is 22.7 Å². The van der Waals surface area contributed by atoms with Crippen molar-refractivity contribution in [1.82, 2.24) is 0 Å². The predicted octanol–water partition coefficient (Wildman–Crippen LogP) is 15.5. The molecule has 0 unspecified atom stereocenters. The van der Waals surface area contributed by atoms with Gasteiger partial charge in [-0.15, -0.1) is 22.7 Å². The molecule has 0 N–H and O–H groups in total. The molecule has 0 bridgehead atoms. The SMILES string of the molecule is CCCCCCCCCCCCCCCc1cc(-c2sccc2CCCCCCCCCCCCCCC)sc1Br. The van der Waals surface area contributed by atoms with Crippen molar-refractivity contribution in [3.05, 3.63) is 32.4 Å². The minimum Gasteiger partial charge on any atom is -0.143 e. The lowest BCUT2D eigenvalue weighted by atomic mass is 10.0. The van der Waals surface area contributed by atoms with Crippen LogP contribution in [0.4, 0.5) is 0 Å². The van der Waals surface area contributed by atoms with E-state index < -0.39 is 0 Å². The van der Waals surface area contributed by atoms with Crippen molar-refractivity contribution in [3.63, 3.8) is 0 Å². The van der Waals surface area contributed by atoms with Crippen molar-refractivity contribution in [2.75, 3.05) is 0 Å². The van der Waals surface area contributed by atoms with E-state index in [2.05, 4.69) is 47.3 Å². The van der Waals surface area contributed by atoms with Crippen LogP contribution >= 0.6 is 38.6 Å². The minimum atomic E-state index is 1.23. The van der Waals surface area contributed by atoms with Crippen molar-refractivity contribution < 1.29 is 0 Å². The molecule has 0 spiro atoms. The summed E-state index contributed by atoms with van der Waals surface area (Å²) in [5.41, 5.74) is 3.12. The Hall–Kier alpha value is -0.120. The highest BCUT2D eigenvalue weighted by atomic mass is 79.9. The molecule has 0 atom stereocenters. The van der Waals surface area contributed by atoms with E-state index in [-0.39, 0.29) is 0 Å². The number of unbranched alkanes of at least 4 members (excludes halogenated alkanes) is 24. The van der Waals surface area contributed by atoms with Gasteiger partial charge in [0, 0.05) is 9.75 Å². The molecule has 0 saturated carbocycles. The summed E-state index contributed by atoms with van der Waals surface area (Å²) < 4.78 is 1.37. The van der Waals surface area contributed by atoms with Crippen molar-refractivity contribution in [2.45, 2.75) is 194 Å². The molecule has 0 aromatic carbocycles. The molecule has 2 heterocycles. The number of rotatable bonds is 29. The summed E-state index contributed by atoms with van der Waals surface area (Å²) in [5.74, 6) is 0. The minimum absolute atomic E-state index is 1.23. The van der Waals surface area contributed by atoms with Crippen LogP contribution in [0.15, 0.2) is 21.3 Å². The Labute approximate surface area is 273 Å². The van der Waals surface area contributed by atoms with E-state index in [0.29, 0.717) is 0 Å². The Kier molecular flexibility index (Phi) is 23.8. The van der Waals surface area contributed by atoms with Gasteiger partial charge in [0.25, 0.3) is 0 Å². The second-order valence-electron chi connectivity index (χ2n) is 12.7. The lowest BCUT2D eigenvalue weighted by Crippen LogP contribution is -1.87. The van der Waals surface area contributed by atoms with Gasteiger partial charge in [-0.25, -0.2) is 0 Å². The van der Waals surface area contributed by atoms with Crippen LogP contribution in [0.25, 0.3) is 9.75 Å². The highest BCUT2D eigenvalue weighted by Crippen LogP contribution is 2.40. The number of hydrogen-bond donors (Lipinski definition) is 0. The number of thiophene rings is 2. The fourth-order valence-corrected chi connectivity index (χ4v) is 8.98. The maximum absolute atomic E-state index is 3.91. The third-order valence-corrected chi connectivity index (χ3v) is 11.9. The molecule has 0 amide bonds. The molecule has 0 aliphatic carbocycles. The van der Waals surface area contributed by atoms with Gasteiger partial charge in [0.2, 0.25) is 0 Å². The second-order valence-corrected chi connectivity index (χ2v) is 16.0. The standard InChI is InChI=1S/C38H65BrS2/c1-3-5-7-9-11-13-15-17-19-21-23-25-27-29-34-31-32-40-37(34)36-33-35(38(39)41-36)30-28-26-24-22-20-18-16-14-12-10-8-6-4-2/h31-33H,3-30H2,1-2H3. The Bertz CT molecular complexity index is 835. The highest BCUT2D eigenvalue weighted by molar-refractivity contribution is 9.11. The maximum atomic E-state index is 3.91. The van der Waals surface area contributed by atoms with E-state index in [4.69, 9.17) is 0 Å². The quantitative estimate of drug-likeness (QED) is 0.0759. The van der Waals surface area contributed by atoms with Crippen LogP contribution in [0.3, 0.4) is 0 Å². The Morgan fingerprint density at radius 2 is 0.854 bits per heavy atom. The van der Waals surface area contributed by atoms with E-state index in [9.17, 15) is 0 Å². The van der Waals surface area contributed by atoms with Crippen LogP contribution in [0.1, 0.15) is 192 Å². The molecule has 0 radical (unpaired) electrons. The van der Waals surface area contributed by atoms with Crippen molar-refractivity contribution in [1.29, 1.82) is 0 Å². The second kappa shape index (κ2) is 26.3. The molecule has 236 valence electrons. The highest BCUT2D eigenvalue weighted by Gasteiger charge is 2.13. The normalized spacial score (nSPS) is 11.6. The number of halogens is 1. The van der Waals surface area contributed by atoms with Crippen LogP contribution in [0.5, 0.6) is 0 Å². The molecule has 0 aliphatic rings. The molecule has 3 heteroatoms. The zero-order valence-electron chi connectivity index (χ0n) is 27.2. The molecule has 2 rings (SSSR count). The van der Waals surface area contributed by atoms with Gasteiger partial charge in [0.05, 0.1) is 3.79 Å². The van der Waals surface area contributed by atoms with Gasteiger partial charge in [0.1, 0.15) is 0 Å². The Morgan fingerprint density at radius 1 is 0.488 bits per heavy atom. The third-order valence-electron chi connectivity index (χ3n) is 8.83. The van der Waals surface area contributed by atoms with Gasteiger partial charge in [-0.2, -0.15) is 0 Å².